The highest BCUT2D eigenvalue weighted by molar-refractivity contribution is 7.98. The molecule has 0 amide bonds. The first kappa shape index (κ1) is 25.4. The predicted molar refractivity (Wildman–Crippen MR) is 134 cm³/mol. The van der Waals surface area contributed by atoms with E-state index in [2.05, 4.69) is 5.10 Å². The lowest BCUT2D eigenvalue weighted by atomic mass is 9.98. The van der Waals surface area contributed by atoms with E-state index in [1.807, 2.05) is 12.5 Å². The number of alkyl halides is 3. The smallest absolute Gasteiger partial charge is 0.232 e. The summed E-state index contributed by atoms with van der Waals surface area (Å²) in [4.78, 5) is 1.71. The van der Waals surface area contributed by atoms with Crippen molar-refractivity contribution in [3.05, 3.63) is 78.5 Å². The number of primary sulfonamides is 1. The van der Waals surface area contributed by atoms with Crippen LogP contribution in [0.15, 0.2) is 87.5 Å². The van der Waals surface area contributed by atoms with Crippen molar-refractivity contribution in [1.82, 2.24) is 9.78 Å². The Morgan fingerprint density at radius 3 is 1.74 bits per heavy atom. The third kappa shape index (κ3) is 5.27. The van der Waals surface area contributed by atoms with Gasteiger partial charge in [0.2, 0.25) is 10.0 Å². The van der Waals surface area contributed by atoms with Crippen LogP contribution in [0.4, 0.5) is 13.2 Å². The van der Waals surface area contributed by atoms with Crippen molar-refractivity contribution in [2.45, 2.75) is 20.9 Å². The molecule has 4 rings (SSSR count). The molecular weight excluding hydrogens is 515 g/mol. The molecule has 1 aromatic heterocycles. The Balaban J connectivity index is 2.04. The van der Waals surface area contributed by atoms with E-state index in [-0.39, 0.29) is 16.2 Å². The van der Waals surface area contributed by atoms with Gasteiger partial charge in [-0.15, -0.1) is 23.5 Å². The minimum absolute atomic E-state index is 0.0950. The quantitative estimate of drug-likeness (QED) is 0.293. The van der Waals surface area contributed by atoms with Gasteiger partial charge >= 0.3 is 6.18 Å². The minimum atomic E-state index is -4.73. The van der Waals surface area contributed by atoms with E-state index >= 15 is 0 Å². The number of aromatic nitrogens is 2. The number of sulfonamides is 1. The summed E-state index contributed by atoms with van der Waals surface area (Å²) in [6.07, 6.45) is -0.947. The van der Waals surface area contributed by atoms with Crippen LogP contribution >= 0.6 is 23.5 Å². The number of nitrogens with zero attached hydrogens (tertiary/aromatic N) is 2. The number of benzene rings is 3. The monoisotopic (exact) mass is 535 g/mol. The molecule has 0 saturated carbocycles. The summed E-state index contributed by atoms with van der Waals surface area (Å²) in [7, 11) is -3.97. The molecule has 0 aliphatic rings. The van der Waals surface area contributed by atoms with Gasteiger partial charge in [-0.1, -0.05) is 24.3 Å². The third-order valence-corrected chi connectivity index (χ3v) is 7.72. The fourth-order valence-corrected chi connectivity index (χ4v) is 4.96. The van der Waals surface area contributed by atoms with Crippen molar-refractivity contribution in [2.24, 2.45) is 5.14 Å². The summed E-state index contributed by atoms with van der Waals surface area (Å²) in [6, 6.07) is 19.2. The van der Waals surface area contributed by atoms with Crippen molar-refractivity contribution in [1.29, 1.82) is 0 Å². The van der Waals surface area contributed by atoms with Gasteiger partial charge in [0.25, 0.3) is 0 Å². The van der Waals surface area contributed by atoms with Gasteiger partial charge in [0.15, 0.2) is 5.69 Å². The Morgan fingerprint density at radius 2 is 1.29 bits per heavy atom. The largest absolute Gasteiger partial charge is 0.435 e. The van der Waals surface area contributed by atoms with Crippen LogP contribution in [0.3, 0.4) is 0 Å². The van der Waals surface area contributed by atoms with Crippen LogP contribution in [0, 0.1) is 0 Å². The predicted octanol–water partition coefficient (Wildman–Crippen LogP) is 6.32. The molecule has 11 heteroatoms. The number of hydrogen-bond donors (Lipinski definition) is 1. The summed E-state index contributed by atoms with van der Waals surface area (Å²) in [5, 5.41) is 9.22. The van der Waals surface area contributed by atoms with Crippen LogP contribution in [-0.4, -0.2) is 30.7 Å². The van der Waals surface area contributed by atoms with E-state index in [1.54, 1.807) is 48.5 Å². The van der Waals surface area contributed by atoms with Crippen molar-refractivity contribution < 1.29 is 21.6 Å². The van der Waals surface area contributed by atoms with E-state index < -0.39 is 21.9 Å². The van der Waals surface area contributed by atoms with E-state index in [1.165, 1.54) is 52.5 Å². The molecule has 0 spiro atoms. The van der Waals surface area contributed by atoms with Crippen LogP contribution in [-0.2, 0) is 16.2 Å². The van der Waals surface area contributed by atoms with Gasteiger partial charge in [0.1, 0.15) is 0 Å². The highest BCUT2D eigenvalue weighted by atomic mass is 32.2. The molecule has 182 valence electrons. The topological polar surface area (TPSA) is 78.0 Å². The van der Waals surface area contributed by atoms with Crippen LogP contribution in [0.2, 0.25) is 0 Å². The fraction of sp³-hybridized carbons (Fsp3) is 0.125. The average molecular weight is 536 g/mol. The molecule has 0 unspecified atom stereocenters. The molecular formula is C24H20F3N3O2S3. The van der Waals surface area contributed by atoms with Crippen molar-refractivity contribution in [2.75, 3.05) is 12.5 Å². The maximum Gasteiger partial charge on any atom is 0.435 e. The molecule has 5 nitrogen and oxygen atoms in total. The molecule has 0 bridgehead atoms. The lowest BCUT2D eigenvalue weighted by molar-refractivity contribution is -0.140. The molecule has 0 saturated heterocycles. The minimum Gasteiger partial charge on any atom is -0.232 e. The molecule has 3 aromatic carbocycles. The normalized spacial score (nSPS) is 12.2. The van der Waals surface area contributed by atoms with E-state index in [9.17, 15) is 21.6 Å². The zero-order chi connectivity index (χ0) is 25.4. The van der Waals surface area contributed by atoms with Gasteiger partial charge in [0.05, 0.1) is 16.3 Å². The molecule has 0 aliphatic heterocycles. The zero-order valence-electron chi connectivity index (χ0n) is 18.6. The summed E-state index contributed by atoms with van der Waals surface area (Å²) < 4.78 is 67.5. The number of thioether (sulfide) groups is 2. The van der Waals surface area contributed by atoms with Crippen LogP contribution in [0.1, 0.15) is 5.69 Å². The SMILES string of the molecule is CSc1ccc(-c2c(C(F)(F)F)nn(-c3ccc(SC)cc3)c2-c2ccc(S(N)(=O)=O)cc2)cc1. The van der Waals surface area contributed by atoms with E-state index in [4.69, 9.17) is 5.14 Å². The van der Waals surface area contributed by atoms with Crippen molar-refractivity contribution >= 4 is 33.5 Å². The van der Waals surface area contributed by atoms with Gasteiger partial charge in [-0.05, 0) is 66.6 Å². The number of rotatable bonds is 6. The lowest BCUT2D eigenvalue weighted by Gasteiger charge is -2.12. The second-order valence-corrected chi connectivity index (χ2v) is 10.8. The standard InChI is InChI=1S/C24H20F3N3O2S3/c1-33-18-9-3-15(4-10-18)21-22(16-5-13-20(14-6-16)35(28,31)32)30(29-23(21)24(25,26)27)17-7-11-19(34-2)12-8-17/h3-14H,1-2H3,(H2,28,31,32). The zero-order valence-corrected chi connectivity index (χ0v) is 21.0. The first-order chi connectivity index (χ1) is 16.5. The molecule has 0 fully saturated rings. The van der Waals surface area contributed by atoms with Crippen LogP contribution < -0.4 is 5.14 Å². The van der Waals surface area contributed by atoms with Gasteiger partial charge in [-0.3, -0.25) is 0 Å². The van der Waals surface area contributed by atoms with Crippen LogP contribution in [0.25, 0.3) is 28.1 Å². The Hall–Kier alpha value is -2.73. The molecule has 0 radical (unpaired) electrons. The number of halogens is 3. The fourth-order valence-electron chi connectivity index (χ4n) is 3.63. The molecule has 2 N–H and O–H groups in total. The maximum atomic E-state index is 14.3. The first-order valence-electron chi connectivity index (χ1n) is 10.1. The summed E-state index contributed by atoms with van der Waals surface area (Å²) in [5.74, 6) is 0. The summed E-state index contributed by atoms with van der Waals surface area (Å²) >= 11 is 2.99. The van der Waals surface area contributed by atoms with Gasteiger partial charge in [-0.2, -0.15) is 18.3 Å². The highest BCUT2D eigenvalue weighted by Crippen LogP contribution is 2.44. The summed E-state index contributed by atoms with van der Waals surface area (Å²) in [6.45, 7) is 0. The second kappa shape index (κ2) is 9.73. The Bertz CT molecular complexity index is 1450. The highest BCUT2D eigenvalue weighted by Gasteiger charge is 2.40. The summed E-state index contributed by atoms with van der Waals surface area (Å²) in [5.41, 5.74) is 0.195. The number of hydrogen-bond acceptors (Lipinski definition) is 5. The Labute approximate surface area is 209 Å². The molecule has 1 heterocycles. The second-order valence-electron chi connectivity index (χ2n) is 7.48. The van der Waals surface area contributed by atoms with Gasteiger partial charge in [-0.25, -0.2) is 18.2 Å². The van der Waals surface area contributed by atoms with Crippen LogP contribution in [0.5, 0.6) is 0 Å². The van der Waals surface area contributed by atoms with Gasteiger partial charge in [0, 0.05) is 20.9 Å². The Kier molecular flexibility index (Phi) is 7.05. The lowest BCUT2D eigenvalue weighted by Crippen LogP contribution is -2.11. The van der Waals surface area contributed by atoms with Gasteiger partial charge < -0.3 is 0 Å². The van der Waals surface area contributed by atoms with Crippen molar-refractivity contribution in [3.63, 3.8) is 0 Å². The molecule has 35 heavy (non-hydrogen) atoms. The first-order valence-corrected chi connectivity index (χ1v) is 14.1. The van der Waals surface area contributed by atoms with E-state index in [0.29, 0.717) is 16.8 Å². The van der Waals surface area contributed by atoms with Crippen molar-refractivity contribution in [3.8, 4) is 28.1 Å². The molecule has 4 aromatic rings. The molecule has 0 aliphatic carbocycles. The molecule has 0 atom stereocenters. The third-order valence-electron chi connectivity index (χ3n) is 5.31. The Morgan fingerprint density at radius 1 is 0.800 bits per heavy atom. The van der Waals surface area contributed by atoms with E-state index in [0.717, 1.165) is 9.79 Å². The average Bonchev–Trinajstić information content (AvgIpc) is 3.25. The maximum absolute atomic E-state index is 14.3. The number of nitrogens with two attached hydrogens (primary N) is 1.